The maximum atomic E-state index is 13.9. The van der Waals surface area contributed by atoms with Gasteiger partial charge in [-0.2, -0.15) is 17.6 Å². The lowest BCUT2D eigenvalue weighted by Gasteiger charge is -2.52. The van der Waals surface area contributed by atoms with Crippen LogP contribution >= 0.6 is 0 Å². The van der Waals surface area contributed by atoms with E-state index < -0.39 is 23.9 Å². The summed E-state index contributed by atoms with van der Waals surface area (Å²) in [7, 11) is 0. The van der Waals surface area contributed by atoms with E-state index in [1.165, 1.54) is 18.2 Å². The van der Waals surface area contributed by atoms with Crippen molar-refractivity contribution < 1.29 is 27.1 Å². The highest BCUT2D eigenvalue weighted by Gasteiger charge is 2.83. The van der Waals surface area contributed by atoms with E-state index in [1.54, 1.807) is 24.3 Å². The van der Waals surface area contributed by atoms with Crippen LogP contribution in [0.3, 0.4) is 0 Å². The Labute approximate surface area is 117 Å². The summed E-state index contributed by atoms with van der Waals surface area (Å²) in [6, 6.07) is 11.1. The fourth-order valence-electron chi connectivity index (χ4n) is 2.71. The minimum Gasteiger partial charge on any atom is -0.449 e. The van der Waals surface area contributed by atoms with Crippen molar-refractivity contribution in [3.8, 4) is 0 Å². The third-order valence-corrected chi connectivity index (χ3v) is 3.90. The molecule has 110 valence electrons. The fourth-order valence-corrected chi connectivity index (χ4v) is 2.71. The summed E-state index contributed by atoms with van der Waals surface area (Å²) < 4.78 is 58.6. The monoisotopic (exact) mass is 298 g/mol. The predicted molar refractivity (Wildman–Crippen MR) is 67.3 cm³/mol. The number of carbonyl (C=O) groups is 1. The summed E-state index contributed by atoms with van der Waals surface area (Å²) in [6.07, 6.45) is -1.23. The average molecular weight is 298 g/mol. The lowest BCUT2D eigenvalue weighted by molar-refractivity contribution is -0.384. The highest BCUT2D eigenvalue weighted by Crippen LogP contribution is 2.64. The number of hydrogen-bond acceptors (Lipinski definition) is 2. The summed E-state index contributed by atoms with van der Waals surface area (Å²) in [6.45, 7) is -0.210. The highest BCUT2D eigenvalue weighted by atomic mass is 19.3. The molecule has 21 heavy (non-hydrogen) atoms. The van der Waals surface area contributed by atoms with Gasteiger partial charge in [0, 0.05) is 5.56 Å². The molecule has 0 saturated heterocycles. The summed E-state index contributed by atoms with van der Waals surface area (Å²) in [4.78, 5) is 10.5. The minimum absolute atomic E-state index is 0.135. The molecule has 0 amide bonds. The van der Waals surface area contributed by atoms with Crippen LogP contribution in [-0.2, 0) is 15.1 Å². The maximum Gasteiger partial charge on any atom is 0.353 e. The van der Waals surface area contributed by atoms with Crippen LogP contribution in [0.2, 0.25) is 0 Å². The number of carbonyl (C=O) groups excluding carboxylic acids is 1. The molecule has 3 rings (SSSR count). The molecule has 0 spiro atoms. The van der Waals surface area contributed by atoms with Crippen LogP contribution in [0.4, 0.5) is 17.6 Å². The van der Waals surface area contributed by atoms with Crippen LogP contribution in [-0.4, -0.2) is 18.3 Å². The van der Waals surface area contributed by atoms with Gasteiger partial charge in [0.25, 0.3) is 6.47 Å². The molecule has 0 aromatic heterocycles. The molecule has 1 saturated carbocycles. The van der Waals surface area contributed by atoms with Crippen molar-refractivity contribution >= 4 is 17.2 Å². The normalized spacial score (nSPS) is 26.1. The third kappa shape index (κ3) is 1.68. The van der Waals surface area contributed by atoms with E-state index in [9.17, 15) is 22.4 Å². The van der Waals surface area contributed by atoms with E-state index in [1.807, 2.05) is 0 Å². The predicted octanol–water partition coefficient (Wildman–Crippen LogP) is 3.88. The van der Waals surface area contributed by atoms with E-state index in [-0.39, 0.29) is 12.0 Å². The molecule has 2 aromatic rings. The zero-order chi connectivity index (χ0) is 15.3. The molecule has 2 aromatic carbocycles. The molecule has 0 bridgehead atoms. The molecule has 1 unspecified atom stereocenters. The molecule has 1 aliphatic carbocycles. The van der Waals surface area contributed by atoms with Gasteiger partial charge in [-0.3, -0.25) is 4.79 Å². The lowest BCUT2D eigenvalue weighted by atomic mass is 9.67. The van der Waals surface area contributed by atoms with Crippen LogP contribution in [0.25, 0.3) is 10.8 Å². The Morgan fingerprint density at radius 2 is 1.67 bits per heavy atom. The van der Waals surface area contributed by atoms with Gasteiger partial charge >= 0.3 is 11.8 Å². The standard InChI is InChI=1S/C15H10F4O2/c16-14(17)8-13(21-9-20,15(14,18)19)12-6-5-10-3-1-2-4-11(10)7-12/h1-7,9H,8H2. The Morgan fingerprint density at radius 1 is 1.00 bits per heavy atom. The number of alkyl halides is 4. The van der Waals surface area contributed by atoms with Gasteiger partial charge < -0.3 is 4.74 Å². The number of benzene rings is 2. The van der Waals surface area contributed by atoms with E-state index in [0.29, 0.717) is 5.39 Å². The largest absolute Gasteiger partial charge is 0.449 e. The van der Waals surface area contributed by atoms with E-state index in [0.717, 1.165) is 5.39 Å². The molecule has 1 aliphatic rings. The molecule has 2 nitrogen and oxygen atoms in total. The number of rotatable bonds is 3. The molecular weight excluding hydrogens is 288 g/mol. The lowest BCUT2D eigenvalue weighted by Crippen LogP contribution is -2.70. The average Bonchev–Trinajstić information content (AvgIpc) is 2.45. The van der Waals surface area contributed by atoms with Crippen molar-refractivity contribution in [2.24, 2.45) is 0 Å². The fraction of sp³-hybridized carbons (Fsp3) is 0.267. The summed E-state index contributed by atoms with van der Waals surface area (Å²) in [5.41, 5.74) is -2.74. The van der Waals surface area contributed by atoms with E-state index in [4.69, 9.17) is 0 Å². The highest BCUT2D eigenvalue weighted by molar-refractivity contribution is 5.83. The summed E-state index contributed by atoms with van der Waals surface area (Å²) in [5.74, 6) is -8.63. The van der Waals surface area contributed by atoms with E-state index in [2.05, 4.69) is 4.74 Å². The van der Waals surface area contributed by atoms with Crippen molar-refractivity contribution in [2.75, 3.05) is 0 Å². The first kappa shape index (κ1) is 13.9. The minimum atomic E-state index is -4.44. The second-order valence-electron chi connectivity index (χ2n) is 5.06. The quantitative estimate of drug-likeness (QED) is 0.635. The van der Waals surface area contributed by atoms with Crippen molar-refractivity contribution in [3.63, 3.8) is 0 Å². The number of ether oxygens (including phenoxy) is 1. The van der Waals surface area contributed by atoms with Gasteiger partial charge in [0.15, 0.2) is 0 Å². The molecule has 1 fully saturated rings. The molecule has 0 heterocycles. The molecule has 0 aliphatic heterocycles. The summed E-state index contributed by atoms with van der Waals surface area (Å²) >= 11 is 0. The van der Waals surface area contributed by atoms with Crippen molar-refractivity contribution in [2.45, 2.75) is 23.9 Å². The number of hydrogen-bond donors (Lipinski definition) is 0. The number of fused-ring (bicyclic) bond motifs is 1. The Kier molecular flexibility index (Phi) is 2.77. The third-order valence-electron chi connectivity index (χ3n) is 3.90. The Bertz CT molecular complexity index is 714. The topological polar surface area (TPSA) is 26.3 Å². The Morgan fingerprint density at radius 3 is 2.24 bits per heavy atom. The second-order valence-corrected chi connectivity index (χ2v) is 5.06. The zero-order valence-electron chi connectivity index (χ0n) is 10.7. The zero-order valence-corrected chi connectivity index (χ0v) is 10.7. The van der Waals surface area contributed by atoms with Crippen LogP contribution < -0.4 is 0 Å². The second kappa shape index (κ2) is 4.19. The summed E-state index contributed by atoms with van der Waals surface area (Å²) in [5, 5.41) is 1.38. The van der Waals surface area contributed by atoms with Gasteiger partial charge in [-0.05, 0) is 16.8 Å². The maximum absolute atomic E-state index is 13.9. The van der Waals surface area contributed by atoms with Crippen LogP contribution in [0.5, 0.6) is 0 Å². The van der Waals surface area contributed by atoms with Crippen molar-refractivity contribution in [3.05, 3.63) is 48.0 Å². The molecular formula is C15H10F4O2. The van der Waals surface area contributed by atoms with E-state index >= 15 is 0 Å². The Hall–Kier alpha value is -2.11. The van der Waals surface area contributed by atoms with Crippen molar-refractivity contribution in [1.29, 1.82) is 0 Å². The molecule has 6 heteroatoms. The van der Waals surface area contributed by atoms with Gasteiger partial charge in [0.1, 0.15) is 0 Å². The van der Waals surface area contributed by atoms with Gasteiger partial charge in [0.05, 0.1) is 6.42 Å². The van der Waals surface area contributed by atoms with Gasteiger partial charge in [-0.15, -0.1) is 0 Å². The first-order valence-corrected chi connectivity index (χ1v) is 6.20. The number of halogens is 4. The molecule has 0 N–H and O–H groups in total. The first-order valence-electron chi connectivity index (χ1n) is 6.20. The van der Waals surface area contributed by atoms with Crippen LogP contribution in [0.1, 0.15) is 12.0 Å². The van der Waals surface area contributed by atoms with Crippen LogP contribution in [0, 0.1) is 0 Å². The first-order chi connectivity index (χ1) is 9.84. The smallest absolute Gasteiger partial charge is 0.353 e. The van der Waals surface area contributed by atoms with Gasteiger partial charge in [0.2, 0.25) is 5.60 Å². The molecule has 0 radical (unpaired) electrons. The van der Waals surface area contributed by atoms with Crippen molar-refractivity contribution in [1.82, 2.24) is 0 Å². The SMILES string of the molecule is O=COC1(c2ccc3ccccc3c2)CC(F)(F)C1(F)F. The van der Waals surface area contributed by atoms with Gasteiger partial charge in [-0.25, -0.2) is 0 Å². The van der Waals surface area contributed by atoms with Crippen LogP contribution in [0.15, 0.2) is 42.5 Å². The molecule has 1 atom stereocenters. The van der Waals surface area contributed by atoms with Gasteiger partial charge in [-0.1, -0.05) is 36.4 Å². The Balaban J connectivity index is 2.15.